The van der Waals surface area contributed by atoms with E-state index in [1.165, 1.54) is 11.3 Å². The SMILES string of the molecule is Cc1ccc(C(=O)Nc2sc(N/N=C/c3ccccc3Cl)nc2-c2ccc(C)cc2)cc1. The lowest BCUT2D eigenvalue weighted by atomic mass is 10.1. The number of carbonyl (C=O) groups is 1. The van der Waals surface area contributed by atoms with E-state index in [2.05, 4.69) is 20.8 Å². The lowest BCUT2D eigenvalue weighted by Gasteiger charge is -2.06. The quantitative estimate of drug-likeness (QED) is 0.246. The van der Waals surface area contributed by atoms with E-state index in [4.69, 9.17) is 11.6 Å². The second kappa shape index (κ2) is 9.77. The number of hydrogen-bond acceptors (Lipinski definition) is 5. The largest absolute Gasteiger partial charge is 0.312 e. The molecule has 5 nitrogen and oxygen atoms in total. The average Bonchev–Trinajstić information content (AvgIpc) is 3.18. The molecule has 32 heavy (non-hydrogen) atoms. The number of anilines is 2. The molecule has 1 aromatic heterocycles. The maximum atomic E-state index is 12.8. The first-order valence-corrected chi connectivity index (χ1v) is 11.2. The highest BCUT2D eigenvalue weighted by Crippen LogP contribution is 2.36. The van der Waals surface area contributed by atoms with E-state index in [0.29, 0.717) is 26.4 Å². The Bertz CT molecular complexity index is 1260. The van der Waals surface area contributed by atoms with Gasteiger partial charge in [-0.05, 0) is 32.0 Å². The maximum absolute atomic E-state index is 12.8. The molecule has 0 fully saturated rings. The molecule has 4 rings (SSSR count). The molecule has 0 bridgehead atoms. The summed E-state index contributed by atoms with van der Waals surface area (Å²) in [5.41, 5.74) is 8.18. The topological polar surface area (TPSA) is 66.4 Å². The van der Waals surface area contributed by atoms with Crippen LogP contribution in [0.3, 0.4) is 0 Å². The molecule has 0 saturated heterocycles. The molecule has 160 valence electrons. The maximum Gasteiger partial charge on any atom is 0.256 e. The zero-order valence-corrected chi connectivity index (χ0v) is 19.2. The van der Waals surface area contributed by atoms with Crippen LogP contribution in [0.2, 0.25) is 5.02 Å². The molecule has 0 aliphatic carbocycles. The van der Waals surface area contributed by atoms with Crippen LogP contribution >= 0.6 is 22.9 Å². The van der Waals surface area contributed by atoms with E-state index in [1.807, 2.05) is 80.6 Å². The van der Waals surface area contributed by atoms with Crippen molar-refractivity contribution in [1.82, 2.24) is 4.98 Å². The van der Waals surface area contributed by atoms with Gasteiger partial charge in [0.2, 0.25) is 5.13 Å². The molecule has 4 aromatic rings. The monoisotopic (exact) mass is 460 g/mol. The summed E-state index contributed by atoms with van der Waals surface area (Å²) >= 11 is 7.50. The van der Waals surface area contributed by atoms with Gasteiger partial charge in [-0.25, -0.2) is 4.98 Å². The van der Waals surface area contributed by atoms with Crippen molar-refractivity contribution in [2.24, 2.45) is 5.10 Å². The number of hydrazone groups is 1. The van der Waals surface area contributed by atoms with Crippen molar-refractivity contribution in [3.63, 3.8) is 0 Å². The number of aryl methyl sites for hydroxylation is 2. The zero-order chi connectivity index (χ0) is 22.5. The van der Waals surface area contributed by atoms with E-state index in [1.54, 1.807) is 12.3 Å². The Morgan fingerprint density at radius 2 is 1.62 bits per heavy atom. The van der Waals surface area contributed by atoms with Gasteiger partial charge in [0, 0.05) is 21.7 Å². The van der Waals surface area contributed by atoms with Gasteiger partial charge in [0.05, 0.1) is 6.21 Å². The number of nitrogens with zero attached hydrogens (tertiary/aromatic N) is 2. The summed E-state index contributed by atoms with van der Waals surface area (Å²) in [6, 6.07) is 22.9. The van der Waals surface area contributed by atoms with Crippen LogP contribution in [0.1, 0.15) is 27.0 Å². The van der Waals surface area contributed by atoms with Gasteiger partial charge in [-0.2, -0.15) is 5.10 Å². The average molecular weight is 461 g/mol. The summed E-state index contributed by atoms with van der Waals surface area (Å²) in [5.74, 6) is -0.187. The van der Waals surface area contributed by atoms with Crippen LogP contribution in [0, 0.1) is 13.8 Å². The summed E-state index contributed by atoms with van der Waals surface area (Å²) in [7, 11) is 0. The van der Waals surface area contributed by atoms with Crippen LogP contribution in [-0.2, 0) is 0 Å². The predicted molar refractivity (Wildman–Crippen MR) is 134 cm³/mol. The van der Waals surface area contributed by atoms with Crippen molar-refractivity contribution in [2.75, 3.05) is 10.7 Å². The van der Waals surface area contributed by atoms with Gasteiger partial charge in [-0.15, -0.1) is 0 Å². The molecule has 7 heteroatoms. The molecule has 1 amide bonds. The van der Waals surface area contributed by atoms with Gasteiger partial charge in [0.15, 0.2) is 0 Å². The van der Waals surface area contributed by atoms with E-state index in [-0.39, 0.29) is 5.91 Å². The number of carbonyl (C=O) groups excluding carboxylic acids is 1. The van der Waals surface area contributed by atoms with Crippen molar-refractivity contribution < 1.29 is 4.79 Å². The van der Waals surface area contributed by atoms with Crippen molar-refractivity contribution in [3.8, 4) is 11.3 Å². The second-order valence-corrected chi connectivity index (χ2v) is 8.68. The number of thiazole rings is 1. The standard InChI is InChI=1S/C25H21ClN4OS/c1-16-7-11-18(12-8-16)22-24(29-23(31)19-13-9-17(2)10-14-19)32-25(28-22)30-27-15-20-5-3-4-6-21(20)26/h3-15H,1-2H3,(H,28,30)(H,29,31)/b27-15+. The normalized spacial score (nSPS) is 11.0. The number of nitrogens with one attached hydrogen (secondary N) is 2. The first kappa shape index (κ1) is 21.7. The minimum Gasteiger partial charge on any atom is -0.312 e. The minimum absolute atomic E-state index is 0.187. The number of halogens is 1. The lowest BCUT2D eigenvalue weighted by Crippen LogP contribution is -2.11. The predicted octanol–water partition coefficient (Wildman–Crippen LogP) is 6.78. The second-order valence-electron chi connectivity index (χ2n) is 7.27. The Kier molecular flexibility index (Phi) is 6.63. The molecule has 0 spiro atoms. The highest BCUT2D eigenvalue weighted by Gasteiger charge is 2.16. The molecule has 0 aliphatic heterocycles. The van der Waals surface area contributed by atoms with Gasteiger partial charge in [-0.1, -0.05) is 88.7 Å². The van der Waals surface area contributed by atoms with Crippen LogP contribution in [-0.4, -0.2) is 17.1 Å². The third kappa shape index (κ3) is 5.22. The Labute approximate surface area is 195 Å². The molecule has 2 N–H and O–H groups in total. The molecular weight excluding hydrogens is 440 g/mol. The van der Waals surface area contributed by atoms with Crippen molar-refractivity contribution in [1.29, 1.82) is 0 Å². The van der Waals surface area contributed by atoms with Crippen molar-refractivity contribution in [3.05, 3.63) is 100 Å². The van der Waals surface area contributed by atoms with Gasteiger partial charge in [0.1, 0.15) is 10.7 Å². The van der Waals surface area contributed by atoms with Crippen LogP contribution in [0.4, 0.5) is 10.1 Å². The summed E-state index contributed by atoms with van der Waals surface area (Å²) in [4.78, 5) is 17.5. The van der Waals surface area contributed by atoms with Crippen molar-refractivity contribution in [2.45, 2.75) is 13.8 Å². The third-order valence-electron chi connectivity index (χ3n) is 4.76. The summed E-state index contributed by atoms with van der Waals surface area (Å²) in [6.07, 6.45) is 1.64. The van der Waals surface area contributed by atoms with Crippen LogP contribution in [0.15, 0.2) is 77.9 Å². The van der Waals surface area contributed by atoms with Crippen LogP contribution in [0.5, 0.6) is 0 Å². The number of rotatable bonds is 6. The fourth-order valence-electron chi connectivity index (χ4n) is 2.98. The van der Waals surface area contributed by atoms with Gasteiger partial charge >= 0.3 is 0 Å². The first-order chi connectivity index (χ1) is 15.5. The summed E-state index contributed by atoms with van der Waals surface area (Å²) in [5, 5.41) is 9.08. The highest BCUT2D eigenvalue weighted by atomic mass is 35.5. The molecule has 0 saturated carbocycles. The molecule has 0 aliphatic rings. The number of benzene rings is 3. The molecule has 0 unspecified atom stereocenters. The molecule has 3 aromatic carbocycles. The lowest BCUT2D eigenvalue weighted by molar-refractivity contribution is 0.102. The Morgan fingerprint density at radius 1 is 0.969 bits per heavy atom. The number of aromatic nitrogens is 1. The first-order valence-electron chi connectivity index (χ1n) is 9.99. The number of amides is 1. The van der Waals surface area contributed by atoms with Gasteiger partial charge < -0.3 is 5.32 Å². The number of hydrogen-bond donors (Lipinski definition) is 2. The van der Waals surface area contributed by atoms with Crippen LogP contribution < -0.4 is 10.7 Å². The Morgan fingerprint density at radius 3 is 2.31 bits per heavy atom. The fraction of sp³-hybridized carbons (Fsp3) is 0.0800. The smallest absolute Gasteiger partial charge is 0.256 e. The van der Waals surface area contributed by atoms with E-state index in [9.17, 15) is 4.79 Å². The third-order valence-corrected chi connectivity index (χ3v) is 5.98. The fourth-order valence-corrected chi connectivity index (χ4v) is 3.99. The molecule has 1 heterocycles. The van der Waals surface area contributed by atoms with Gasteiger partial charge in [0.25, 0.3) is 5.91 Å². The van der Waals surface area contributed by atoms with Crippen molar-refractivity contribution >= 4 is 45.2 Å². The highest BCUT2D eigenvalue weighted by molar-refractivity contribution is 7.20. The van der Waals surface area contributed by atoms with E-state index >= 15 is 0 Å². The summed E-state index contributed by atoms with van der Waals surface area (Å²) < 4.78 is 0. The van der Waals surface area contributed by atoms with E-state index in [0.717, 1.165) is 22.3 Å². The van der Waals surface area contributed by atoms with Gasteiger partial charge in [-0.3, -0.25) is 10.2 Å². The molecular formula is C25H21ClN4OS. The van der Waals surface area contributed by atoms with Crippen LogP contribution in [0.25, 0.3) is 11.3 Å². The zero-order valence-electron chi connectivity index (χ0n) is 17.6. The summed E-state index contributed by atoms with van der Waals surface area (Å²) in [6.45, 7) is 4.02. The molecule has 0 atom stereocenters. The Hall–Kier alpha value is -3.48. The Balaban J connectivity index is 1.61. The molecule has 0 radical (unpaired) electrons. The van der Waals surface area contributed by atoms with E-state index < -0.39 is 0 Å². The minimum atomic E-state index is -0.187.